The minimum Gasteiger partial charge on any atom is -0.323 e. The van der Waals surface area contributed by atoms with Crippen molar-refractivity contribution in [2.24, 2.45) is 0 Å². The van der Waals surface area contributed by atoms with Crippen molar-refractivity contribution in [3.63, 3.8) is 0 Å². The van der Waals surface area contributed by atoms with Gasteiger partial charge in [-0.05, 0) is 66.3 Å². The van der Waals surface area contributed by atoms with E-state index in [2.05, 4.69) is 96.7 Å². The van der Waals surface area contributed by atoms with Gasteiger partial charge >= 0.3 is 0 Å². The predicted molar refractivity (Wildman–Crippen MR) is 109 cm³/mol. The first-order valence-corrected chi connectivity index (χ1v) is 9.29. The molecule has 1 atom stereocenters. The van der Waals surface area contributed by atoms with Gasteiger partial charge in [0.1, 0.15) is 6.04 Å². The predicted octanol–water partition coefficient (Wildman–Crippen LogP) is 5.95. The summed E-state index contributed by atoms with van der Waals surface area (Å²) < 4.78 is 0. The first-order valence-electron chi connectivity index (χ1n) is 8.41. The van der Waals surface area contributed by atoms with Crippen LogP contribution in [-0.2, 0) is 0 Å². The summed E-state index contributed by atoms with van der Waals surface area (Å²) in [6.07, 6.45) is 4.37. The Labute approximate surface area is 153 Å². The largest absolute Gasteiger partial charge is 0.323 e. The normalized spacial score (nSPS) is 15.4. The van der Waals surface area contributed by atoms with Gasteiger partial charge in [0.15, 0.2) is 0 Å². The molecule has 3 aromatic rings. The van der Waals surface area contributed by atoms with Gasteiger partial charge in [0.2, 0.25) is 0 Å². The van der Waals surface area contributed by atoms with E-state index in [-0.39, 0.29) is 6.04 Å². The van der Waals surface area contributed by atoms with Crippen LogP contribution < -0.4 is 4.90 Å². The number of benzene rings is 2. The van der Waals surface area contributed by atoms with E-state index in [9.17, 15) is 0 Å². The van der Waals surface area contributed by atoms with Crippen molar-refractivity contribution in [3.05, 3.63) is 87.6 Å². The van der Waals surface area contributed by atoms with Gasteiger partial charge in [-0.1, -0.05) is 48.2 Å². The molecule has 0 aliphatic carbocycles. The molecule has 2 aromatic carbocycles. The molecular weight excluding hydrogens is 322 g/mol. The molecule has 1 unspecified atom stereocenters. The molecule has 0 amide bonds. The Hall–Kier alpha value is -2.76. The third-order valence-corrected chi connectivity index (χ3v) is 5.35. The second-order valence-corrected chi connectivity index (χ2v) is 7.20. The van der Waals surface area contributed by atoms with Crippen molar-refractivity contribution >= 4 is 28.8 Å². The minimum atomic E-state index is 0.0270. The average molecular weight is 341 g/mol. The van der Waals surface area contributed by atoms with E-state index in [1.807, 2.05) is 6.07 Å². The summed E-state index contributed by atoms with van der Waals surface area (Å²) in [6.45, 7) is 4.31. The van der Waals surface area contributed by atoms with E-state index in [0.29, 0.717) is 0 Å². The molecule has 2 heteroatoms. The third kappa shape index (κ3) is 3.12. The van der Waals surface area contributed by atoms with E-state index in [4.69, 9.17) is 0 Å². The second kappa shape index (κ2) is 6.63. The Bertz CT molecular complexity index is 986. The average Bonchev–Trinajstić information content (AvgIpc) is 3.15. The lowest BCUT2D eigenvalue weighted by atomic mass is 10.0. The van der Waals surface area contributed by atoms with E-state index in [1.54, 1.807) is 11.3 Å². The van der Waals surface area contributed by atoms with Crippen LogP contribution in [0.1, 0.15) is 21.6 Å². The van der Waals surface area contributed by atoms with Crippen molar-refractivity contribution in [2.45, 2.75) is 19.9 Å². The molecule has 0 N–H and O–H groups in total. The summed E-state index contributed by atoms with van der Waals surface area (Å²) in [4.78, 5) is 3.44. The maximum Gasteiger partial charge on any atom is 0.114 e. The van der Waals surface area contributed by atoms with Crippen LogP contribution in [0.3, 0.4) is 0 Å². The molecule has 1 aliphatic rings. The molecule has 4 rings (SSSR count). The van der Waals surface area contributed by atoms with Gasteiger partial charge in [-0.3, -0.25) is 0 Å². The fourth-order valence-electron chi connectivity index (χ4n) is 3.06. The van der Waals surface area contributed by atoms with Crippen molar-refractivity contribution in [1.29, 1.82) is 0 Å². The van der Waals surface area contributed by atoms with Crippen molar-refractivity contribution < 1.29 is 0 Å². The van der Waals surface area contributed by atoms with E-state index < -0.39 is 0 Å². The monoisotopic (exact) mass is 341 g/mol. The smallest absolute Gasteiger partial charge is 0.114 e. The molecule has 1 aromatic heterocycles. The Kier molecular flexibility index (Phi) is 4.17. The van der Waals surface area contributed by atoms with E-state index in [0.717, 1.165) is 4.88 Å². The molecule has 0 bridgehead atoms. The molecule has 122 valence electrons. The van der Waals surface area contributed by atoms with Crippen LogP contribution in [-0.4, -0.2) is 6.04 Å². The Morgan fingerprint density at radius 3 is 2.64 bits per heavy atom. The first-order chi connectivity index (χ1) is 12.2. The molecule has 0 fully saturated rings. The van der Waals surface area contributed by atoms with Crippen LogP contribution in [0, 0.1) is 25.7 Å². The fourth-order valence-corrected chi connectivity index (χ4v) is 3.64. The number of rotatable bonds is 1. The van der Waals surface area contributed by atoms with Crippen molar-refractivity contribution in [3.8, 4) is 11.8 Å². The zero-order chi connectivity index (χ0) is 17.2. The number of thiophene rings is 1. The molecule has 1 nitrogen and oxygen atoms in total. The van der Waals surface area contributed by atoms with Crippen molar-refractivity contribution in [2.75, 3.05) is 4.90 Å². The van der Waals surface area contributed by atoms with E-state index >= 15 is 0 Å². The lowest BCUT2D eigenvalue weighted by molar-refractivity contribution is 0.958. The summed E-state index contributed by atoms with van der Waals surface area (Å²) in [5.74, 6) is 6.77. The maximum atomic E-state index is 3.45. The maximum absolute atomic E-state index is 3.45. The van der Waals surface area contributed by atoms with Crippen LogP contribution in [0.4, 0.5) is 11.4 Å². The molecule has 0 saturated heterocycles. The summed E-state index contributed by atoms with van der Waals surface area (Å²) in [6, 6.07) is 19.3. The highest BCUT2D eigenvalue weighted by Gasteiger charge is 2.22. The highest BCUT2D eigenvalue weighted by Crippen LogP contribution is 2.36. The summed E-state index contributed by atoms with van der Waals surface area (Å²) in [5, 5.41) is 2.07. The standard InChI is InChI=1S/C23H19NS/c1-17-9-11-21(16-18(17)2)24-20(13-14-22-7-5-15-25-22)12-10-19-6-3-4-8-23(19)24/h3-12,15-16,20H,1-2H3. The molecular formula is C23H19NS. The minimum absolute atomic E-state index is 0.0270. The van der Waals surface area contributed by atoms with Gasteiger partial charge in [-0.2, -0.15) is 0 Å². The number of anilines is 2. The van der Waals surface area contributed by atoms with Gasteiger partial charge in [-0.15, -0.1) is 11.3 Å². The van der Waals surface area contributed by atoms with E-state index in [1.165, 1.54) is 28.1 Å². The number of nitrogens with zero attached hydrogens (tertiary/aromatic N) is 1. The second-order valence-electron chi connectivity index (χ2n) is 6.25. The van der Waals surface area contributed by atoms with Crippen molar-refractivity contribution in [1.82, 2.24) is 0 Å². The van der Waals surface area contributed by atoms with Crippen LogP contribution in [0.25, 0.3) is 6.08 Å². The number of fused-ring (bicyclic) bond motifs is 1. The van der Waals surface area contributed by atoms with Crippen LogP contribution >= 0.6 is 11.3 Å². The molecule has 0 saturated carbocycles. The highest BCUT2D eigenvalue weighted by atomic mass is 32.1. The summed E-state index contributed by atoms with van der Waals surface area (Å²) in [7, 11) is 0. The number of hydrogen-bond donors (Lipinski definition) is 0. The molecule has 2 heterocycles. The zero-order valence-corrected chi connectivity index (χ0v) is 15.2. The fraction of sp³-hybridized carbons (Fsp3) is 0.130. The SMILES string of the molecule is Cc1ccc(N2c3ccccc3C=CC2C#Cc2cccs2)cc1C. The Morgan fingerprint density at radius 2 is 1.84 bits per heavy atom. The lowest BCUT2D eigenvalue weighted by Crippen LogP contribution is -2.30. The van der Waals surface area contributed by atoms with Gasteiger partial charge < -0.3 is 4.90 Å². The topological polar surface area (TPSA) is 3.24 Å². The number of aryl methyl sites for hydroxylation is 2. The number of para-hydroxylation sites is 1. The zero-order valence-electron chi connectivity index (χ0n) is 14.4. The van der Waals surface area contributed by atoms with Gasteiger partial charge in [0.25, 0.3) is 0 Å². The molecule has 0 spiro atoms. The molecule has 25 heavy (non-hydrogen) atoms. The van der Waals surface area contributed by atoms with Gasteiger partial charge in [0, 0.05) is 11.4 Å². The van der Waals surface area contributed by atoms with Gasteiger partial charge in [-0.25, -0.2) is 0 Å². The first kappa shape index (κ1) is 15.7. The van der Waals surface area contributed by atoms with Crippen LogP contribution in [0.5, 0.6) is 0 Å². The quantitative estimate of drug-likeness (QED) is 0.494. The van der Waals surface area contributed by atoms with Crippen LogP contribution in [0.2, 0.25) is 0 Å². The molecule has 1 aliphatic heterocycles. The Balaban J connectivity index is 1.81. The summed E-state index contributed by atoms with van der Waals surface area (Å²) >= 11 is 1.68. The summed E-state index contributed by atoms with van der Waals surface area (Å²) in [5.41, 5.74) is 6.24. The van der Waals surface area contributed by atoms with Crippen LogP contribution in [0.15, 0.2) is 66.1 Å². The van der Waals surface area contributed by atoms with Gasteiger partial charge in [0.05, 0.1) is 4.88 Å². The highest BCUT2D eigenvalue weighted by molar-refractivity contribution is 7.10. The third-order valence-electron chi connectivity index (χ3n) is 4.57. The number of hydrogen-bond acceptors (Lipinski definition) is 2. The molecule has 0 radical (unpaired) electrons. The lowest BCUT2D eigenvalue weighted by Gasteiger charge is -2.33. The Morgan fingerprint density at radius 1 is 0.960 bits per heavy atom.